The zero-order valence-corrected chi connectivity index (χ0v) is 8.73. The average molecular weight is 188 g/mol. The molecule has 72 valence electrons. The van der Waals surface area contributed by atoms with Crippen LogP contribution >= 0.6 is 0 Å². The molecule has 0 aliphatic heterocycles. The number of hydrogen-bond acceptors (Lipinski definition) is 1. The van der Waals surface area contributed by atoms with Gasteiger partial charge >= 0.3 is 5.82 Å². The quantitative estimate of drug-likeness (QED) is 0.617. The first-order valence-electron chi connectivity index (χ1n) is 4.64. The van der Waals surface area contributed by atoms with E-state index in [0.717, 1.165) is 5.82 Å². The summed E-state index contributed by atoms with van der Waals surface area (Å²) in [7, 11) is 3.94. The number of benzene rings is 1. The van der Waals surface area contributed by atoms with Crippen LogP contribution in [-0.4, -0.2) is 9.78 Å². The maximum Gasteiger partial charge on any atom is 0.308 e. The van der Waals surface area contributed by atoms with Crippen LogP contribution in [0.15, 0.2) is 30.6 Å². The Morgan fingerprint density at radius 2 is 2.00 bits per heavy atom. The number of nitrogens with zero attached hydrogens (tertiary/aromatic N) is 3. The minimum Gasteiger partial charge on any atom is -0.233 e. The maximum absolute atomic E-state index is 4.42. The zero-order chi connectivity index (χ0) is 10.1. The molecule has 0 radical (unpaired) electrons. The van der Waals surface area contributed by atoms with Gasteiger partial charge in [-0.3, -0.25) is 0 Å². The van der Waals surface area contributed by atoms with E-state index in [1.54, 1.807) is 0 Å². The standard InChI is InChI=1S/C11H14N3/c1-9-6-4-5-7-10(9)11-12-14(3)8-13(11)2/h4-8H,1-3H3/q+1. The number of aromatic nitrogens is 3. The molecule has 0 atom stereocenters. The lowest BCUT2D eigenvalue weighted by Crippen LogP contribution is -2.28. The molecule has 1 aromatic carbocycles. The molecule has 0 amide bonds. The summed E-state index contributed by atoms with van der Waals surface area (Å²) in [4.78, 5) is 0. The molecule has 0 unspecified atom stereocenters. The van der Waals surface area contributed by atoms with Gasteiger partial charge in [0, 0.05) is 5.10 Å². The van der Waals surface area contributed by atoms with Gasteiger partial charge in [-0.2, -0.15) is 0 Å². The van der Waals surface area contributed by atoms with Crippen molar-refractivity contribution in [3.8, 4) is 11.4 Å². The summed E-state index contributed by atoms with van der Waals surface area (Å²) in [6.07, 6.45) is 1.96. The Labute approximate surface area is 83.6 Å². The van der Waals surface area contributed by atoms with E-state index in [1.807, 2.05) is 41.8 Å². The fourth-order valence-corrected chi connectivity index (χ4v) is 1.62. The molecule has 0 N–H and O–H groups in total. The first-order valence-corrected chi connectivity index (χ1v) is 4.64. The fraction of sp³-hybridized carbons (Fsp3) is 0.273. The van der Waals surface area contributed by atoms with Crippen molar-refractivity contribution in [2.24, 2.45) is 14.1 Å². The van der Waals surface area contributed by atoms with Gasteiger partial charge in [0.05, 0.1) is 19.7 Å². The van der Waals surface area contributed by atoms with Gasteiger partial charge in [-0.05, 0) is 18.6 Å². The van der Waals surface area contributed by atoms with E-state index in [-0.39, 0.29) is 0 Å². The van der Waals surface area contributed by atoms with Crippen molar-refractivity contribution in [2.45, 2.75) is 6.92 Å². The molecule has 14 heavy (non-hydrogen) atoms. The number of aryl methyl sites for hydroxylation is 3. The van der Waals surface area contributed by atoms with Crippen LogP contribution < -0.4 is 4.57 Å². The first kappa shape index (κ1) is 8.94. The number of rotatable bonds is 1. The van der Waals surface area contributed by atoms with Gasteiger partial charge in [-0.1, -0.05) is 18.2 Å². The highest BCUT2D eigenvalue weighted by Gasteiger charge is 2.15. The molecular formula is C11H14N3+. The second-order valence-corrected chi connectivity index (χ2v) is 3.54. The van der Waals surface area contributed by atoms with Crippen molar-refractivity contribution in [1.82, 2.24) is 9.78 Å². The fourth-order valence-electron chi connectivity index (χ4n) is 1.62. The maximum atomic E-state index is 4.42. The van der Waals surface area contributed by atoms with Gasteiger partial charge in [0.15, 0.2) is 0 Å². The van der Waals surface area contributed by atoms with E-state index < -0.39 is 0 Å². The Morgan fingerprint density at radius 1 is 1.29 bits per heavy atom. The molecule has 0 aliphatic carbocycles. The highest BCUT2D eigenvalue weighted by atomic mass is 15.3. The van der Waals surface area contributed by atoms with Crippen LogP contribution in [0.4, 0.5) is 0 Å². The second kappa shape index (κ2) is 3.25. The van der Waals surface area contributed by atoms with Crippen LogP contribution in [0, 0.1) is 6.92 Å². The number of hydrogen-bond donors (Lipinski definition) is 0. The monoisotopic (exact) mass is 188 g/mol. The molecule has 3 heteroatoms. The lowest BCUT2D eigenvalue weighted by atomic mass is 10.1. The summed E-state index contributed by atoms with van der Waals surface area (Å²) in [5, 5.41) is 4.42. The first-order chi connectivity index (χ1) is 6.68. The summed E-state index contributed by atoms with van der Waals surface area (Å²) >= 11 is 0. The van der Waals surface area contributed by atoms with E-state index in [4.69, 9.17) is 0 Å². The topological polar surface area (TPSA) is 21.7 Å². The Morgan fingerprint density at radius 3 is 2.57 bits per heavy atom. The summed E-state index contributed by atoms with van der Waals surface area (Å²) < 4.78 is 3.85. The van der Waals surface area contributed by atoms with Crippen molar-refractivity contribution >= 4 is 0 Å². The molecule has 2 rings (SSSR count). The van der Waals surface area contributed by atoms with Crippen LogP contribution in [-0.2, 0) is 14.1 Å². The van der Waals surface area contributed by atoms with Gasteiger partial charge < -0.3 is 0 Å². The van der Waals surface area contributed by atoms with Gasteiger partial charge in [0.1, 0.15) is 0 Å². The molecule has 0 aliphatic rings. The smallest absolute Gasteiger partial charge is 0.233 e. The largest absolute Gasteiger partial charge is 0.308 e. The minimum absolute atomic E-state index is 1.01. The van der Waals surface area contributed by atoms with Gasteiger partial charge in [-0.25, -0.2) is 4.57 Å². The van der Waals surface area contributed by atoms with Gasteiger partial charge in [-0.15, -0.1) is 4.68 Å². The average Bonchev–Trinajstić information content (AvgIpc) is 2.46. The molecule has 1 heterocycles. The summed E-state index contributed by atoms with van der Waals surface area (Å²) in [5.41, 5.74) is 2.44. The highest BCUT2D eigenvalue weighted by Crippen LogP contribution is 2.16. The van der Waals surface area contributed by atoms with Gasteiger partial charge in [0.2, 0.25) is 6.33 Å². The molecule has 0 bridgehead atoms. The summed E-state index contributed by atoms with van der Waals surface area (Å²) in [6.45, 7) is 2.10. The van der Waals surface area contributed by atoms with E-state index in [9.17, 15) is 0 Å². The Bertz CT molecular complexity index is 457. The SMILES string of the molecule is Cc1ccccc1-c1nn(C)c[n+]1C. The van der Waals surface area contributed by atoms with Gasteiger partial charge in [0.25, 0.3) is 0 Å². The molecule has 1 aromatic heterocycles. The lowest BCUT2D eigenvalue weighted by Gasteiger charge is -1.98. The molecular weight excluding hydrogens is 174 g/mol. The predicted molar refractivity (Wildman–Crippen MR) is 54.6 cm³/mol. The van der Waals surface area contributed by atoms with Crippen molar-refractivity contribution in [1.29, 1.82) is 0 Å². The third-order valence-corrected chi connectivity index (χ3v) is 2.31. The van der Waals surface area contributed by atoms with Crippen molar-refractivity contribution in [3.63, 3.8) is 0 Å². The Balaban J connectivity index is 2.60. The molecule has 3 nitrogen and oxygen atoms in total. The third-order valence-electron chi connectivity index (χ3n) is 2.31. The summed E-state index contributed by atoms with van der Waals surface area (Å²) in [6, 6.07) is 8.28. The Kier molecular flexibility index (Phi) is 2.08. The van der Waals surface area contributed by atoms with E-state index >= 15 is 0 Å². The van der Waals surface area contributed by atoms with Crippen LogP contribution in [0.2, 0.25) is 0 Å². The van der Waals surface area contributed by atoms with Crippen LogP contribution in [0.25, 0.3) is 11.4 Å². The predicted octanol–water partition coefficient (Wildman–Crippen LogP) is 1.22. The van der Waals surface area contributed by atoms with Crippen molar-refractivity contribution < 1.29 is 4.57 Å². The van der Waals surface area contributed by atoms with Crippen LogP contribution in [0.1, 0.15) is 5.56 Å². The minimum atomic E-state index is 1.01. The van der Waals surface area contributed by atoms with E-state index in [2.05, 4.69) is 24.2 Å². The van der Waals surface area contributed by atoms with E-state index in [1.165, 1.54) is 11.1 Å². The molecule has 2 aromatic rings. The summed E-state index contributed by atoms with van der Waals surface area (Å²) in [5.74, 6) is 1.01. The van der Waals surface area contributed by atoms with Crippen LogP contribution in [0.3, 0.4) is 0 Å². The highest BCUT2D eigenvalue weighted by molar-refractivity contribution is 5.56. The molecule has 0 saturated heterocycles. The molecule has 0 fully saturated rings. The van der Waals surface area contributed by atoms with Crippen LogP contribution in [0.5, 0.6) is 0 Å². The van der Waals surface area contributed by atoms with Crippen molar-refractivity contribution in [3.05, 3.63) is 36.2 Å². The molecule has 0 saturated carbocycles. The Hall–Kier alpha value is -1.64. The zero-order valence-electron chi connectivity index (χ0n) is 8.73. The molecule has 0 spiro atoms. The normalized spacial score (nSPS) is 10.5. The second-order valence-electron chi connectivity index (χ2n) is 3.54. The van der Waals surface area contributed by atoms with Crippen molar-refractivity contribution in [2.75, 3.05) is 0 Å². The van der Waals surface area contributed by atoms with E-state index in [0.29, 0.717) is 0 Å². The lowest BCUT2D eigenvalue weighted by molar-refractivity contribution is -0.661. The third kappa shape index (κ3) is 1.41.